The van der Waals surface area contributed by atoms with Gasteiger partial charge < -0.3 is 10.1 Å². The van der Waals surface area contributed by atoms with Crippen molar-refractivity contribution in [3.63, 3.8) is 0 Å². The second-order valence-electron chi connectivity index (χ2n) is 5.89. The number of methoxy groups -OCH3 is 1. The van der Waals surface area contributed by atoms with Crippen LogP contribution in [0, 0.1) is 3.57 Å². The van der Waals surface area contributed by atoms with Crippen molar-refractivity contribution in [3.8, 4) is 0 Å². The van der Waals surface area contributed by atoms with Gasteiger partial charge in [0.1, 0.15) is 11.9 Å². The number of nitrogens with one attached hydrogen (secondary N) is 1. The highest BCUT2D eigenvalue weighted by Gasteiger charge is 2.25. The summed E-state index contributed by atoms with van der Waals surface area (Å²) in [4.78, 5) is 9.46. The number of halogens is 1. The van der Waals surface area contributed by atoms with Crippen LogP contribution in [0.15, 0.2) is 0 Å². The molecule has 0 aromatic carbocycles. The lowest BCUT2D eigenvalue weighted by molar-refractivity contribution is 0.0873. The highest BCUT2D eigenvalue weighted by atomic mass is 127. The summed E-state index contributed by atoms with van der Waals surface area (Å²) >= 11 is 2.33. The number of hydrogen-bond acceptors (Lipinski definition) is 4. The summed E-state index contributed by atoms with van der Waals surface area (Å²) in [6.07, 6.45) is 1.96. The van der Waals surface area contributed by atoms with Crippen molar-refractivity contribution in [2.45, 2.75) is 59.0 Å². The lowest BCUT2D eigenvalue weighted by atomic mass is 9.91. The van der Waals surface area contributed by atoms with E-state index in [1.807, 2.05) is 0 Å². The van der Waals surface area contributed by atoms with Crippen molar-refractivity contribution in [2.24, 2.45) is 0 Å². The van der Waals surface area contributed by atoms with E-state index in [0.717, 1.165) is 40.3 Å². The van der Waals surface area contributed by atoms with Crippen molar-refractivity contribution in [3.05, 3.63) is 15.1 Å². The first kappa shape index (κ1) is 17.6. The van der Waals surface area contributed by atoms with E-state index in [4.69, 9.17) is 9.72 Å². The molecule has 1 heterocycles. The van der Waals surface area contributed by atoms with E-state index in [-0.39, 0.29) is 11.5 Å². The van der Waals surface area contributed by atoms with Crippen LogP contribution in [0.3, 0.4) is 0 Å². The Bertz CT molecular complexity index is 443. The van der Waals surface area contributed by atoms with E-state index in [0.29, 0.717) is 0 Å². The molecule has 1 atom stereocenters. The second kappa shape index (κ2) is 7.54. The first-order valence-corrected chi connectivity index (χ1v) is 8.27. The first-order valence-electron chi connectivity index (χ1n) is 7.19. The number of aromatic nitrogens is 2. The molecule has 114 valence electrons. The molecular formula is C15H26IN3O. The first-order chi connectivity index (χ1) is 9.35. The van der Waals surface area contributed by atoms with E-state index >= 15 is 0 Å². The zero-order chi connectivity index (χ0) is 15.3. The number of anilines is 1. The molecule has 1 N–H and O–H groups in total. The van der Waals surface area contributed by atoms with Gasteiger partial charge >= 0.3 is 0 Å². The SMILES string of the molecule is CCCC(OC)c1nc(NCC)c(I)c(C(C)(C)C)n1. The minimum Gasteiger partial charge on any atom is -0.373 e. The highest BCUT2D eigenvalue weighted by molar-refractivity contribution is 14.1. The molecule has 1 unspecified atom stereocenters. The van der Waals surface area contributed by atoms with Crippen LogP contribution in [0.2, 0.25) is 0 Å². The Morgan fingerprint density at radius 3 is 2.35 bits per heavy atom. The fourth-order valence-corrected chi connectivity index (χ4v) is 3.25. The molecule has 1 aromatic heterocycles. The average molecular weight is 391 g/mol. The van der Waals surface area contributed by atoms with Gasteiger partial charge in [-0.1, -0.05) is 34.1 Å². The largest absolute Gasteiger partial charge is 0.373 e. The number of rotatable bonds is 6. The zero-order valence-corrected chi connectivity index (χ0v) is 15.5. The molecule has 0 fully saturated rings. The standard InChI is InChI=1S/C15H26IN3O/c1-7-9-10(20-6)13-18-12(15(3,4)5)11(16)14(19-13)17-8-2/h10H,7-9H2,1-6H3,(H,17,18,19). The molecule has 0 bridgehead atoms. The van der Waals surface area contributed by atoms with E-state index in [2.05, 4.69) is 67.5 Å². The van der Waals surface area contributed by atoms with Gasteiger partial charge in [-0.25, -0.2) is 9.97 Å². The van der Waals surface area contributed by atoms with Gasteiger partial charge in [0.15, 0.2) is 5.82 Å². The van der Waals surface area contributed by atoms with Gasteiger partial charge in [0, 0.05) is 19.1 Å². The fourth-order valence-electron chi connectivity index (χ4n) is 2.00. The topological polar surface area (TPSA) is 47.0 Å². The molecule has 0 aliphatic rings. The average Bonchev–Trinajstić information content (AvgIpc) is 2.37. The van der Waals surface area contributed by atoms with Crippen molar-refractivity contribution in [1.82, 2.24) is 9.97 Å². The molecule has 4 nitrogen and oxygen atoms in total. The maximum Gasteiger partial charge on any atom is 0.159 e. The molecule has 5 heteroatoms. The molecule has 0 aliphatic carbocycles. The molecule has 0 saturated carbocycles. The van der Waals surface area contributed by atoms with Crippen LogP contribution in [0.5, 0.6) is 0 Å². The van der Waals surface area contributed by atoms with Gasteiger partial charge in [-0.2, -0.15) is 0 Å². The summed E-state index contributed by atoms with van der Waals surface area (Å²) < 4.78 is 6.67. The molecule has 20 heavy (non-hydrogen) atoms. The van der Waals surface area contributed by atoms with Crippen LogP contribution in [0.1, 0.15) is 65.1 Å². The van der Waals surface area contributed by atoms with Crippen molar-refractivity contribution < 1.29 is 4.74 Å². The molecular weight excluding hydrogens is 365 g/mol. The van der Waals surface area contributed by atoms with Crippen LogP contribution in [-0.4, -0.2) is 23.6 Å². The number of hydrogen-bond donors (Lipinski definition) is 1. The van der Waals surface area contributed by atoms with Crippen LogP contribution in [-0.2, 0) is 10.2 Å². The summed E-state index contributed by atoms with van der Waals surface area (Å²) in [6.45, 7) is 11.6. The number of nitrogens with zero attached hydrogens (tertiary/aromatic N) is 2. The van der Waals surface area contributed by atoms with Crippen LogP contribution < -0.4 is 5.32 Å². The molecule has 0 radical (unpaired) electrons. The number of ether oxygens (including phenoxy) is 1. The van der Waals surface area contributed by atoms with Crippen molar-refractivity contribution in [2.75, 3.05) is 19.0 Å². The monoisotopic (exact) mass is 391 g/mol. The second-order valence-corrected chi connectivity index (χ2v) is 6.97. The molecule has 1 aromatic rings. The predicted molar refractivity (Wildman–Crippen MR) is 92.3 cm³/mol. The van der Waals surface area contributed by atoms with Gasteiger partial charge in [0.2, 0.25) is 0 Å². The third kappa shape index (κ3) is 4.28. The lowest BCUT2D eigenvalue weighted by Crippen LogP contribution is -2.21. The van der Waals surface area contributed by atoms with Crippen LogP contribution in [0.4, 0.5) is 5.82 Å². The minimum absolute atomic E-state index is 0.0110. The van der Waals surface area contributed by atoms with Gasteiger partial charge in [-0.3, -0.25) is 0 Å². The summed E-state index contributed by atoms with van der Waals surface area (Å²) in [7, 11) is 1.73. The Kier molecular flexibility index (Phi) is 6.64. The third-order valence-electron chi connectivity index (χ3n) is 3.05. The van der Waals surface area contributed by atoms with E-state index < -0.39 is 0 Å². The van der Waals surface area contributed by atoms with Crippen LogP contribution in [0.25, 0.3) is 0 Å². The van der Waals surface area contributed by atoms with Crippen LogP contribution >= 0.6 is 22.6 Å². The maximum absolute atomic E-state index is 5.56. The highest BCUT2D eigenvalue weighted by Crippen LogP contribution is 2.31. The summed E-state index contributed by atoms with van der Waals surface area (Å²) in [5.74, 6) is 1.71. The molecule has 1 rings (SSSR count). The zero-order valence-electron chi connectivity index (χ0n) is 13.4. The smallest absolute Gasteiger partial charge is 0.159 e. The Morgan fingerprint density at radius 2 is 1.90 bits per heavy atom. The van der Waals surface area contributed by atoms with Crippen molar-refractivity contribution >= 4 is 28.4 Å². The fraction of sp³-hybridized carbons (Fsp3) is 0.733. The van der Waals surface area contributed by atoms with Gasteiger partial charge in [-0.15, -0.1) is 0 Å². The Balaban J connectivity index is 3.35. The molecule has 0 saturated heterocycles. The Morgan fingerprint density at radius 1 is 1.25 bits per heavy atom. The predicted octanol–water partition coefficient (Wildman–Crippen LogP) is 4.30. The van der Waals surface area contributed by atoms with E-state index in [9.17, 15) is 0 Å². The Labute approximate surface area is 136 Å². The van der Waals surface area contributed by atoms with Gasteiger partial charge in [-0.05, 0) is 35.9 Å². The normalized spacial score (nSPS) is 13.3. The third-order valence-corrected chi connectivity index (χ3v) is 4.07. The lowest BCUT2D eigenvalue weighted by Gasteiger charge is -2.24. The molecule has 0 aliphatic heterocycles. The van der Waals surface area contributed by atoms with E-state index in [1.165, 1.54) is 0 Å². The summed E-state index contributed by atoms with van der Waals surface area (Å²) in [5.41, 5.74) is 1.07. The summed E-state index contributed by atoms with van der Waals surface area (Å²) in [6, 6.07) is 0. The van der Waals surface area contributed by atoms with Gasteiger partial charge in [0.05, 0.1) is 9.26 Å². The molecule has 0 spiro atoms. The van der Waals surface area contributed by atoms with Gasteiger partial charge in [0.25, 0.3) is 0 Å². The van der Waals surface area contributed by atoms with E-state index in [1.54, 1.807) is 7.11 Å². The summed E-state index contributed by atoms with van der Waals surface area (Å²) in [5, 5.41) is 3.34. The Hall–Kier alpha value is -0.430. The quantitative estimate of drug-likeness (QED) is 0.735. The minimum atomic E-state index is -0.0319. The van der Waals surface area contributed by atoms with Crippen molar-refractivity contribution in [1.29, 1.82) is 0 Å². The molecule has 0 amide bonds. The maximum atomic E-state index is 5.56.